The number of amides is 1. The minimum atomic E-state index is -0.00162. The van der Waals surface area contributed by atoms with Crippen molar-refractivity contribution in [3.63, 3.8) is 0 Å². The molecule has 7 heteroatoms. The van der Waals surface area contributed by atoms with Gasteiger partial charge in [0.15, 0.2) is 0 Å². The normalized spacial score (nSPS) is 16.4. The summed E-state index contributed by atoms with van der Waals surface area (Å²) >= 11 is 0. The molecule has 0 aromatic carbocycles. The predicted molar refractivity (Wildman–Crippen MR) is 107 cm³/mol. The minimum absolute atomic E-state index is 0.00162. The lowest BCUT2D eigenvalue weighted by Crippen LogP contribution is -2.31. The molecule has 0 bridgehead atoms. The van der Waals surface area contributed by atoms with Crippen LogP contribution in [0.2, 0.25) is 0 Å². The van der Waals surface area contributed by atoms with Gasteiger partial charge in [0.2, 0.25) is 0 Å². The summed E-state index contributed by atoms with van der Waals surface area (Å²) in [6, 6.07) is 9.83. The maximum absolute atomic E-state index is 13.0. The number of carbonyl (C=O) groups is 1. The average Bonchev–Trinajstić information content (AvgIpc) is 3.28. The van der Waals surface area contributed by atoms with E-state index in [0.29, 0.717) is 5.56 Å². The summed E-state index contributed by atoms with van der Waals surface area (Å²) in [4.78, 5) is 24.0. The molecule has 0 saturated carbocycles. The third-order valence-electron chi connectivity index (χ3n) is 5.05. The summed E-state index contributed by atoms with van der Waals surface area (Å²) < 4.78 is 1.69. The van der Waals surface area contributed by atoms with E-state index in [9.17, 15) is 4.79 Å². The number of likely N-dealkylation sites (tertiary alicyclic amines) is 1. The second-order valence-electron chi connectivity index (χ2n) is 7.22. The van der Waals surface area contributed by atoms with Gasteiger partial charge in [-0.05, 0) is 51.0 Å². The molecule has 7 nitrogen and oxygen atoms in total. The van der Waals surface area contributed by atoms with Gasteiger partial charge in [-0.3, -0.25) is 14.5 Å². The molecule has 1 amide bonds. The van der Waals surface area contributed by atoms with Gasteiger partial charge in [-0.2, -0.15) is 5.10 Å². The summed E-state index contributed by atoms with van der Waals surface area (Å²) in [6.45, 7) is 4.57. The van der Waals surface area contributed by atoms with Crippen LogP contribution in [-0.2, 0) is 7.05 Å². The molecule has 1 saturated heterocycles. The highest BCUT2D eigenvalue weighted by atomic mass is 16.2. The Hall–Kier alpha value is -3.22. The lowest BCUT2D eigenvalue weighted by atomic mass is 10.1. The fraction of sp³-hybridized carbons (Fsp3) is 0.333. The van der Waals surface area contributed by atoms with Crippen molar-refractivity contribution < 1.29 is 4.79 Å². The van der Waals surface area contributed by atoms with Gasteiger partial charge in [-0.25, -0.2) is 4.98 Å². The highest BCUT2D eigenvalue weighted by Gasteiger charge is 2.32. The molecule has 1 N–H and O–H groups in total. The van der Waals surface area contributed by atoms with Crippen molar-refractivity contribution in [2.45, 2.75) is 32.7 Å². The van der Waals surface area contributed by atoms with Crippen molar-refractivity contribution in [2.75, 3.05) is 11.9 Å². The predicted octanol–water partition coefficient (Wildman–Crippen LogP) is 3.55. The maximum Gasteiger partial charge on any atom is 0.257 e. The number of hydrogen-bond donors (Lipinski definition) is 1. The van der Waals surface area contributed by atoms with Crippen LogP contribution >= 0.6 is 0 Å². The number of hydrogen-bond acceptors (Lipinski definition) is 5. The average molecular weight is 376 g/mol. The molecule has 4 heterocycles. The molecule has 3 aromatic heterocycles. The van der Waals surface area contributed by atoms with Crippen LogP contribution in [0.25, 0.3) is 0 Å². The molecule has 1 atom stereocenters. The molecule has 28 heavy (non-hydrogen) atoms. The lowest BCUT2D eigenvalue weighted by Gasteiger charge is -2.24. The maximum atomic E-state index is 13.0. The number of rotatable bonds is 4. The fourth-order valence-corrected chi connectivity index (χ4v) is 3.72. The molecule has 1 fully saturated rings. The lowest BCUT2D eigenvalue weighted by molar-refractivity contribution is 0.0732. The third kappa shape index (κ3) is 3.60. The molecular formula is C21H24N6O. The van der Waals surface area contributed by atoms with Crippen molar-refractivity contribution in [2.24, 2.45) is 7.05 Å². The monoisotopic (exact) mass is 376 g/mol. The summed E-state index contributed by atoms with van der Waals surface area (Å²) in [7, 11) is 1.83. The standard InChI is InChI=1S/C21H24N6O/c1-14-6-4-8-20(23-14)24-16-9-10-18(22-12-16)19-7-5-11-27(19)21(28)17-13-26(3)25-15(17)2/h4,6,8-10,12-13,19H,5,7,11H2,1-3H3,(H,23,24)/t19-/m0/s1. The van der Waals surface area contributed by atoms with Gasteiger partial charge in [-0.1, -0.05) is 6.07 Å². The van der Waals surface area contributed by atoms with Gasteiger partial charge in [0.05, 0.1) is 34.9 Å². The van der Waals surface area contributed by atoms with Crippen LogP contribution in [0.5, 0.6) is 0 Å². The van der Waals surface area contributed by atoms with Gasteiger partial charge in [0, 0.05) is 25.5 Å². The molecule has 0 aliphatic carbocycles. The molecule has 144 valence electrons. The number of carbonyl (C=O) groups excluding carboxylic acids is 1. The van der Waals surface area contributed by atoms with E-state index in [4.69, 9.17) is 0 Å². The second kappa shape index (κ2) is 7.42. The first-order valence-corrected chi connectivity index (χ1v) is 9.49. The van der Waals surface area contributed by atoms with E-state index in [1.807, 2.05) is 56.1 Å². The number of pyridine rings is 2. The third-order valence-corrected chi connectivity index (χ3v) is 5.05. The zero-order chi connectivity index (χ0) is 19.7. The Balaban J connectivity index is 1.51. The molecule has 1 aliphatic rings. The van der Waals surface area contributed by atoms with Crippen molar-refractivity contribution in [3.8, 4) is 0 Å². The van der Waals surface area contributed by atoms with E-state index >= 15 is 0 Å². The zero-order valence-electron chi connectivity index (χ0n) is 16.4. The van der Waals surface area contributed by atoms with Crippen molar-refractivity contribution >= 4 is 17.4 Å². The second-order valence-corrected chi connectivity index (χ2v) is 7.22. The van der Waals surface area contributed by atoms with Crippen LogP contribution < -0.4 is 5.32 Å². The molecule has 0 unspecified atom stereocenters. The smallest absolute Gasteiger partial charge is 0.257 e. The first-order chi connectivity index (χ1) is 13.5. The highest BCUT2D eigenvalue weighted by molar-refractivity contribution is 5.95. The molecule has 3 aromatic rings. The van der Waals surface area contributed by atoms with Crippen LogP contribution in [0, 0.1) is 13.8 Å². The van der Waals surface area contributed by atoms with Crippen molar-refractivity contribution in [1.82, 2.24) is 24.6 Å². The SMILES string of the molecule is Cc1cccc(Nc2ccc([C@@H]3CCCN3C(=O)c3cn(C)nc3C)nc2)n1. The Morgan fingerprint density at radius 2 is 2.07 bits per heavy atom. The Labute approximate surface area is 164 Å². The topological polar surface area (TPSA) is 75.9 Å². The Morgan fingerprint density at radius 3 is 2.75 bits per heavy atom. The van der Waals surface area contributed by atoms with E-state index in [1.165, 1.54) is 0 Å². The van der Waals surface area contributed by atoms with Crippen LogP contribution in [0.1, 0.15) is 46.3 Å². The molecular weight excluding hydrogens is 352 g/mol. The van der Waals surface area contributed by atoms with E-state index in [-0.39, 0.29) is 11.9 Å². The van der Waals surface area contributed by atoms with E-state index in [0.717, 1.165) is 48.0 Å². The number of nitrogens with one attached hydrogen (secondary N) is 1. The quantitative estimate of drug-likeness (QED) is 0.754. The van der Waals surface area contributed by atoms with E-state index in [2.05, 4.69) is 20.4 Å². The van der Waals surface area contributed by atoms with E-state index in [1.54, 1.807) is 17.1 Å². The Morgan fingerprint density at radius 1 is 1.21 bits per heavy atom. The molecule has 4 rings (SSSR count). The van der Waals surface area contributed by atoms with Crippen LogP contribution in [0.4, 0.5) is 11.5 Å². The summed E-state index contributed by atoms with van der Waals surface area (Å²) in [5.41, 5.74) is 4.17. The number of anilines is 2. The van der Waals surface area contributed by atoms with Crippen molar-refractivity contribution in [3.05, 3.63) is 65.4 Å². The van der Waals surface area contributed by atoms with E-state index < -0.39 is 0 Å². The summed E-state index contributed by atoms with van der Waals surface area (Å²) in [5.74, 6) is 0.820. The Bertz CT molecular complexity index is 994. The highest BCUT2D eigenvalue weighted by Crippen LogP contribution is 2.33. The molecule has 1 aliphatic heterocycles. The van der Waals surface area contributed by atoms with Crippen LogP contribution in [0.3, 0.4) is 0 Å². The van der Waals surface area contributed by atoms with Crippen LogP contribution in [0.15, 0.2) is 42.7 Å². The Kier molecular flexibility index (Phi) is 4.81. The van der Waals surface area contributed by atoms with Crippen molar-refractivity contribution in [1.29, 1.82) is 0 Å². The first-order valence-electron chi connectivity index (χ1n) is 9.49. The van der Waals surface area contributed by atoms with Gasteiger partial charge >= 0.3 is 0 Å². The summed E-state index contributed by atoms with van der Waals surface area (Å²) in [6.07, 6.45) is 5.49. The molecule has 0 spiro atoms. The van der Waals surface area contributed by atoms with Gasteiger partial charge in [0.1, 0.15) is 5.82 Å². The first kappa shape index (κ1) is 18.2. The van der Waals surface area contributed by atoms with Gasteiger partial charge in [0.25, 0.3) is 5.91 Å². The largest absolute Gasteiger partial charge is 0.339 e. The summed E-state index contributed by atoms with van der Waals surface area (Å²) in [5, 5.41) is 7.57. The van der Waals surface area contributed by atoms with Gasteiger partial charge in [-0.15, -0.1) is 0 Å². The number of nitrogens with zero attached hydrogens (tertiary/aromatic N) is 5. The zero-order valence-corrected chi connectivity index (χ0v) is 16.4. The minimum Gasteiger partial charge on any atom is -0.339 e. The fourth-order valence-electron chi connectivity index (χ4n) is 3.72. The van der Waals surface area contributed by atoms with Gasteiger partial charge < -0.3 is 10.2 Å². The number of aromatic nitrogens is 4. The number of aryl methyl sites for hydroxylation is 3. The molecule has 0 radical (unpaired) electrons. The van der Waals surface area contributed by atoms with Crippen LogP contribution in [-0.4, -0.2) is 37.1 Å².